The van der Waals surface area contributed by atoms with E-state index < -0.39 is 10.0 Å². The molecule has 0 bridgehead atoms. The van der Waals surface area contributed by atoms with E-state index in [0.717, 1.165) is 18.5 Å². The lowest BCUT2D eigenvalue weighted by Gasteiger charge is -2.14. The smallest absolute Gasteiger partial charge is 0.242 e. The minimum atomic E-state index is -3.54. The van der Waals surface area contributed by atoms with Crippen LogP contribution < -0.4 is 10.5 Å². The SMILES string of the molecule is Cc1ccc(C)c(S(=O)(=O)NCCCN(C)C)c1N. The van der Waals surface area contributed by atoms with Crippen LogP contribution in [-0.2, 0) is 10.0 Å². The molecule has 6 heteroatoms. The fourth-order valence-corrected chi connectivity index (χ4v) is 3.34. The van der Waals surface area contributed by atoms with Crippen LogP contribution in [0.15, 0.2) is 17.0 Å². The van der Waals surface area contributed by atoms with Gasteiger partial charge in [0.1, 0.15) is 4.90 Å². The van der Waals surface area contributed by atoms with Crippen molar-refractivity contribution in [3.05, 3.63) is 23.3 Å². The third kappa shape index (κ3) is 4.19. The standard InChI is InChI=1S/C13H23N3O2S/c1-10-6-7-11(2)13(12(10)14)19(17,18)15-8-5-9-16(3)4/h6-7,15H,5,8-9,14H2,1-4H3. The van der Waals surface area contributed by atoms with Crippen molar-refractivity contribution in [2.45, 2.75) is 25.2 Å². The van der Waals surface area contributed by atoms with Crippen molar-refractivity contribution in [1.29, 1.82) is 0 Å². The first kappa shape index (κ1) is 15.9. The highest BCUT2D eigenvalue weighted by atomic mass is 32.2. The largest absolute Gasteiger partial charge is 0.397 e. The molecule has 19 heavy (non-hydrogen) atoms. The van der Waals surface area contributed by atoms with Crippen molar-refractivity contribution in [3.63, 3.8) is 0 Å². The van der Waals surface area contributed by atoms with E-state index >= 15 is 0 Å². The normalized spacial score (nSPS) is 12.1. The molecule has 0 heterocycles. The van der Waals surface area contributed by atoms with Gasteiger partial charge < -0.3 is 10.6 Å². The van der Waals surface area contributed by atoms with Crippen LogP contribution >= 0.6 is 0 Å². The molecular weight excluding hydrogens is 262 g/mol. The molecule has 1 rings (SSSR count). The first-order valence-corrected chi connectivity index (χ1v) is 7.74. The monoisotopic (exact) mass is 285 g/mol. The highest BCUT2D eigenvalue weighted by Gasteiger charge is 2.20. The van der Waals surface area contributed by atoms with Gasteiger partial charge in [0.05, 0.1) is 5.69 Å². The van der Waals surface area contributed by atoms with Crippen LogP contribution in [0.4, 0.5) is 5.69 Å². The molecule has 3 N–H and O–H groups in total. The van der Waals surface area contributed by atoms with Crippen molar-refractivity contribution in [2.24, 2.45) is 0 Å². The Balaban J connectivity index is 2.86. The van der Waals surface area contributed by atoms with E-state index in [2.05, 4.69) is 4.72 Å². The average molecular weight is 285 g/mol. The van der Waals surface area contributed by atoms with E-state index in [0.29, 0.717) is 17.8 Å². The summed E-state index contributed by atoms with van der Waals surface area (Å²) >= 11 is 0. The van der Waals surface area contributed by atoms with Gasteiger partial charge in [-0.1, -0.05) is 12.1 Å². The number of nitrogen functional groups attached to an aromatic ring is 1. The summed E-state index contributed by atoms with van der Waals surface area (Å²) in [4.78, 5) is 2.22. The molecule has 0 spiro atoms. The topological polar surface area (TPSA) is 75.4 Å². The van der Waals surface area contributed by atoms with Gasteiger partial charge in [0.25, 0.3) is 0 Å². The fraction of sp³-hybridized carbons (Fsp3) is 0.538. The van der Waals surface area contributed by atoms with Crippen LogP contribution in [0.2, 0.25) is 0 Å². The summed E-state index contributed by atoms with van der Waals surface area (Å²) < 4.78 is 27.1. The molecule has 0 radical (unpaired) electrons. The van der Waals surface area contributed by atoms with E-state index in [9.17, 15) is 8.42 Å². The molecule has 1 aromatic rings. The maximum absolute atomic E-state index is 12.3. The minimum Gasteiger partial charge on any atom is -0.397 e. The van der Waals surface area contributed by atoms with Gasteiger partial charge in [-0.05, 0) is 52.0 Å². The van der Waals surface area contributed by atoms with E-state index in [1.807, 2.05) is 25.1 Å². The molecule has 0 unspecified atom stereocenters. The molecular formula is C13H23N3O2S. The summed E-state index contributed by atoms with van der Waals surface area (Å²) in [5.74, 6) is 0. The summed E-state index contributed by atoms with van der Waals surface area (Å²) in [6.07, 6.45) is 0.761. The van der Waals surface area contributed by atoms with Crippen molar-refractivity contribution in [3.8, 4) is 0 Å². The highest BCUT2D eigenvalue weighted by molar-refractivity contribution is 7.89. The Morgan fingerprint density at radius 3 is 2.37 bits per heavy atom. The number of nitrogens with zero attached hydrogens (tertiary/aromatic N) is 1. The predicted molar refractivity (Wildman–Crippen MR) is 78.7 cm³/mol. The zero-order valence-electron chi connectivity index (χ0n) is 12.0. The summed E-state index contributed by atoms with van der Waals surface area (Å²) in [7, 11) is 0.376. The zero-order valence-corrected chi connectivity index (χ0v) is 12.8. The Kier molecular flexibility index (Phi) is 5.34. The highest BCUT2D eigenvalue weighted by Crippen LogP contribution is 2.25. The fourth-order valence-electron chi connectivity index (χ4n) is 1.84. The lowest BCUT2D eigenvalue weighted by atomic mass is 10.1. The first-order chi connectivity index (χ1) is 8.75. The van der Waals surface area contributed by atoms with Crippen LogP contribution in [0.3, 0.4) is 0 Å². The Morgan fingerprint density at radius 1 is 1.21 bits per heavy atom. The molecule has 0 aliphatic rings. The number of rotatable bonds is 6. The van der Waals surface area contributed by atoms with Crippen LogP contribution in [0, 0.1) is 13.8 Å². The first-order valence-electron chi connectivity index (χ1n) is 6.26. The van der Waals surface area contributed by atoms with E-state index in [-0.39, 0.29) is 4.90 Å². The molecule has 108 valence electrons. The number of aryl methyl sites for hydroxylation is 2. The molecule has 0 saturated carbocycles. The third-order valence-corrected chi connectivity index (χ3v) is 4.62. The van der Waals surface area contributed by atoms with Crippen LogP contribution in [0.1, 0.15) is 17.5 Å². The minimum absolute atomic E-state index is 0.206. The predicted octanol–water partition coefficient (Wildman–Crippen LogP) is 1.12. The molecule has 0 atom stereocenters. The average Bonchev–Trinajstić information content (AvgIpc) is 2.29. The zero-order chi connectivity index (χ0) is 14.6. The van der Waals surface area contributed by atoms with Crippen LogP contribution in [0.25, 0.3) is 0 Å². The number of hydrogen-bond donors (Lipinski definition) is 2. The van der Waals surface area contributed by atoms with Gasteiger partial charge in [0.2, 0.25) is 10.0 Å². The van der Waals surface area contributed by atoms with E-state index in [1.165, 1.54) is 0 Å². The Morgan fingerprint density at radius 2 is 1.79 bits per heavy atom. The second kappa shape index (κ2) is 6.36. The molecule has 0 saturated heterocycles. The number of benzene rings is 1. The molecule has 0 aromatic heterocycles. The quantitative estimate of drug-likeness (QED) is 0.606. The van der Waals surface area contributed by atoms with Crippen LogP contribution in [0.5, 0.6) is 0 Å². The Hall–Kier alpha value is -1.11. The number of nitrogens with two attached hydrogens (primary N) is 1. The molecule has 5 nitrogen and oxygen atoms in total. The van der Waals surface area contributed by atoms with Gasteiger partial charge in [-0.2, -0.15) is 0 Å². The summed E-state index contributed by atoms with van der Waals surface area (Å²) in [5.41, 5.74) is 7.67. The number of nitrogens with one attached hydrogen (secondary N) is 1. The van der Waals surface area contributed by atoms with E-state index in [4.69, 9.17) is 5.73 Å². The molecule has 1 aromatic carbocycles. The summed E-state index contributed by atoms with van der Waals surface area (Å²) in [5, 5.41) is 0. The van der Waals surface area contributed by atoms with Crippen molar-refractivity contribution < 1.29 is 8.42 Å². The number of sulfonamides is 1. The lowest BCUT2D eigenvalue weighted by Crippen LogP contribution is -2.28. The van der Waals surface area contributed by atoms with Gasteiger partial charge in [0.15, 0.2) is 0 Å². The third-order valence-electron chi connectivity index (χ3n) is 2.95. The van der Waals surface area contributed by atoms with Crippen molar-refractivity contribution in [2.75, 3.05) is 32.9 Å². The molecule has 0 aliphatic carbocycles. The van der Waals surface area contributed by atoms with Gasteiger partial charge in [-0.3, -0.25) is 0 Å². The summed E-state index contributed by atoms with van der Waals surface area (Å²) in [6.45, 7) is 4.81. The van der Waals surface area contributed by atoms with Gasteiger partial charge in [0, 0.05) is 6.54 Å². The van der Waals surface area contributed by atoms with E-state index in [1.54, 1.807) is 19.9 Å². The lowest BCUT2D eigenvalue weighted by molar-refractivity contribution is 0.400. The molecule has 0 amide bonds. The maximum Gasteiger partial charge on any atom is 0.242 e. The van der Waals surface area contributed by atoms with Crippen molar-refractivity contribution in [1.82, 2.24) is 9.62 Å². The second-order valence-electron chi connectivity index (χ2n) is 5.00. The Labute approximate surface area is 115 Å². The van der Waals surface area contributed by atoms with Gasteiger partial charge in [-0.25, -0.2) is 13.1 Å². The Bertz CT molecular complexity index is 539. The number of hydrogen-bond acceptors (Lipinski definition) is 4. The maximum atomic E-state index is 12.3. The number of anilines is 1. The van der Waals surface area contributed by atoms with Crippen molar-refractivity contribution >= 4 is 15.7 Å². The molecule has 0 fully saturated rings. The van der Waals surface area contributed by atoms with Gasteiger partial charge in [-0.15, -0.1) is 0 Å². The molecule has 0 aliphatic heterocycles. The van der Waals surface area contributed by atoms with Crippen LogP contribution in [-0.4, -0.2) is 40.5 Å². The van der Waals surface area contributed by atoms with Gasteiger partial charge >= 0.3 is 0 Å². The second-order valence-corrected chi connectivity index (χ2v) is 6.70. The summed E-state index contributed by atoms with van der Waals surface area (Å²) in [6, 6.07) is 3.61.